The maximum Gasteiger partial charge on any atom is 0.0705 e. The van der Waals surface area contributed by atoms with Gasteiger partial charge in [-0.3, -0.25) is 4.98 Å². The topological polar surface area (TPSA) is 12.9 Å². The highest BCUT2D eigenvalue weighted by atomic mass is 14.7. The van der Waals surface area contributed by atoms with Gasteiger partial charge in [-0.25, -0.2) is 0 Å². The molecule has 27 heavy (non-hydrogen) atoms. The van der Waals surface area contributed by atoms with E-state index in [-0.39, 0.29) is 0 Å². The summed E-state index contributed by atoms with van der Waals surface area (Å²) in [4.78, 5) is 4.84. The van der Waals surface area contributed by atoms with Crippen molar-refractivity contribution in [1.82, 2.24) is 4.98 Å². The van der Waals surface area contributed by atoms with Crippen molar-refractivity contribution in [1.29, 1.82) is 0 Å². The maximum absolute atomic E-state index is 4.84. The summed E-state index contributed by atoms with van der Waals surface area (Å²) in [5.74, 6) is 0. The average Bonchev–Trinajstić information content (AvgIpc) is 2.70. The summed E-state index contributed by atoms with van der Waals surface area (Å²) in [5.41, 5.74) is 9.97. The fourth-order valence-electron chi connectivity index (χ4n) is 5.26. The van der Waals surface area contributed by atoms with Crippen LogP contribution in [0.2, 0.25) is 0 Å². The first kappa shape index (κ1) is 16.7. The molecule has 3 aliphatic carbocycles. The Morgan fingerprint density at radius 1 is 0.741 bits per heavy atom. The van der Waals surface area contributed by atoms with Gasteiger partial charge in [-0.05, 0) is 77.8 Å². The number of nitrogens with zero attached hydrogens (tertiary/aromatic N) is 1. The van der Waals surface area contributed by atoms with E-state index >= 15 is 0 Å². The minimum absolute atomic E-state index is 0.349. The number of benzene rings is 2. The molecule has 0 N–H and O–H groups in total. The van der Waals surface area contributed by atoms with Gasteiger partial charge in [-0.1, -0.05) is 56.3 Å². The highest BCUT2D eigenvalue weighted by Gasteiger charge is 2.47. The Balaban J connectivity index is 1.58. The second-order valence-corrected chi connectivity index (χ2v) is 9.13. The molecule has 2 aromatic carbocycles. The molecule has 0 spiro atoms. The van der Waals surface area contributed by atoms with Crippen molar-refractivity contribution in [3.05, 3.63) is 77.5 Å². The van der Waals surface area contributed by atoms with Crippen LogP contribution in [0, 0.1) is 6.92 Å². The van der Waals surface area contributed by atoms with Crippen molar-refractivity contribution in [2.45, 2.75) is 57.3 Å². The highest BCUT2D eigenvalue weighted by Crippen LogP contribution is 2.56. The number of rotatable bonds is 2. The van der Waals surface area contributed by atoms with Crippen LogP contribution in [-0.2, 0) is 10.8 Å². The van der Waals surface area contributed by atoms with Crippen molar-refractivity contribution in [2.24, 2.45) is 0 Å². The van der Waals surface area contributed by atoms with E-state index in [1.54, 1.807) is 11.1 Å². The van der Waals surface area contributed by atoms with Gasteiger partial charge in [0.05, 0.1) is 5.69 Å². The summed E-state index contributed by atoms with van der Waals surface area (Å²) >= 11 is 0. The van der Waals surface area contributed by atoms with Gasteiger partial charge >= 0.3 is 0 Å². The van der Waals surface area contributed by atoms with E-state index in [0.717, 1.165) is 5.69 Å². The molecule has 6 rings (SSSR count). The first-order valence-corrected chi connectivity index (χ1v) is 10.2. The molecule has 3 aliphatic rings. The van der Waals surface area contributed by atoms with E-state index in [1.807, 2.05) is 6.20 Å². The molecule has 1 heterocycles. The Kier molecular flexibility index (Phi) is 3.59. The van der Waals surface area contributed by atoms with Gasteiger partial charge in [0, 0.05) is 17.3 Å². The standard InChI is InChI=1S/C26H27N/c1-18-15-24(27-17-21(18)19-7-5-4-6-8-19)20-9-10-22-23(16-20)26(3)13-11-25(22,2)12-14-26/h4-10,15-17H,11-14H2,1-3H3. The SMILES string of the molecule is Cc1cc(-c2ccc3c(c2)C2(C)CCC3(C)CC2)ncc1-c1ccccc1. The minimum atomic E-state index is 0.349. The molecule has 1 nitrogen and oxygen atoms in total. The molecular formula is C26H27N. The molecule has 1 heteroatoms. The van der Waals surface area contributed by atoms with Crippen LogP contribution in [0.4, 0.5) is 0 Å². The lowest BCUT2D eigenvalue weighted by molar-refractivity contribution is 0.188. The number of aromatic nitrogens is 1. The third-order valence-corrected chi connectivity index (χ3v) is 7.27. The zero-order valence-corrected chi connectivity index (χ0v) is 16.5. The van der Waals surface area contributed by atoms with Crippen LogP contribution in [0.3, 0.4) is 0 Å². The first-order valence-electron chi connectivity index (χ1n) is 10.2. The van der Waals surface area contributed by atoms with Crippen LogP contribution in [0.5, 0.6) is 0 Å². The van der Waals surface area contributed by atoms with Gasteiger partial charge in [-0.15, -0.1) is 0 Å². The Labute approximate surface area is 162 Å². The monoisotopic (exact) mass is 353 g/mol. The predicted molar refractivity (Wildman–Crippen MR) is 113 cm³/mol. The zero-order valence-electron chi connectivity index (χ0n) is 16.5. The molecule has 0 amide bonds. The lowest BCUT2D eigenvalue weighted by Crippen LogP contribution is -2.44. The third-order valence-electron chi connectivity index (χ3n) is 7.27. The van der Waals surface area contributed by atoms with Crippen LogP contribution < -0.4 is 0 Å². The van der Waals surface area contributed by atoms with Crippen molar-refractivity contribution in [2.75, 3.05) is 0 Å². The van der Waals surface area contributed by atoms with E-state index in [1.165, 1.54) is 47.9 Å². The van der Waals surface area contributed by atoms with Crippen LogP contribution in [0.1, 0.15) is 56.2 Å². The fourth-order valence-corrected chi connectivity index (χ4v) is 5.26. The number of hydrogen-bond acceptors (Lipinski definition) is 1. The quantitative estimate of drug-likeness (QED) is 0.492. The van der Waals surface area contributed by atoms with Crippen molar-refractivity contribution in [3.8, 4) is 22.4 Å². The minimum Gasteiger partial charge on any atom is -0.256 e. The van der Waals surface area contributed by atoms with Crippen molar-refractivity contribution in [3.63, 3.8) is 0 Å². The highest BCUT2D eigenvalue weighted by molar-refractivity contribution is 5.71. The summed E-state index contributed by atoms with van der Waals surface area (Å²) in [5, 5.41) is 0. The number of hydrogen-bond donors (Lipinski definition) is 0. The van der Waals surface area contributed by atoms with E-state index in [9.17, 15) is 0 Å². The van der Waals surface area contributed by atoms with Gasteiger partial charge in [0.1, 0.15) is 0 Å². The molecule has 0 aliphatic heterocycles. The zero-order chi connectivity index (χ0) is 18.6. The van der Waals surface area contributed by atoms with E-state index in [2.05, 4.69) is 75.4 Å². The molecule has 0 radical (unpaired) electrons. The van der Waals surface area contributed by atoms with Crippen molar-refractivity contribution < 1.29 is 0 Å². The molecular weight excluding hydrogens is 326 g/mol. The summed E-state index contributed by atoms with van der Waals surface area (Å²) in [6.07, 6.45) is 7.34. The molecule has 1 saturated carbocycles. The van der Waals surface area contributed by atoms with Crippen molar-refractivity contribution >= 4 is 0 Å². The normalized spacial score (nSPS) is 26.0. The number of fused-ring (bicyclic) bond motifs is 2. The van der Waals surface area contributed by atoms with Gasteiger partial charge in [0.15, 0.2) is 0 Å². The Hall–Kier alpha value is -2.41. The van der Waals surface area contributed by atoms with E-state index in [4.69, 9.17) is 4.98 Å². The van der Waals surface area contributed by atoms with Gasteiger partial charge in [0.2, 0.25) is 0 Å². The summed E-state index contributed by atoms with van der Waals surface area (Å²) in [6, 6.07) is 19.9. The predicted octanol–water partition coefficient (Wildman–Crippen LogP) is 6.83. The second-order valence-electron chi connectivity index (χ2n) is 9.13. The largest absolute Gasteiger partial charge is 0.256 e. The van der Waals surface area contributed by atoms with Gasteiger partial charge in [-0.2, -0.15) is 0 Å². The van der Waals surface area contributed by atoms with Gasteiger partial charge in [0.25, 0.3) is 0 Å². The third kappa shape index (κ3) is 2.56. The Bertz CT molecular complexity index is 1010. The molecule has 136 valence electrons. The molecule has 2 bridgehead atoms. The molecule has 0 unspecified atom stereocenters. The summed E-state index contributed by atoms with van der Waals surface area (Å²) in [6.45, 7) is 7.11. The molecule has 1 fully saturated rings. The number of aryl methyl sites for hydroxylation is 1. The lowest BCUT2D eigenvalue weighted by atomic mass is 9.52. The Morgan fingerprint density at radius 2 is 1.41 bits per heavy atom. The number of pyridine rings is 1. The molecule has 3 aromatic rings. The van der Waals surface area contributed by atoms with Crippen LogP contribution in [0.25, 0.3) is 22.4 Å². The first-order chi connectivity index (χ1) is 13.0. The summed E-state index contributed by atoms with van der Waals surface area (Å²) in [7, 11) is 0. The smallest absolute Gasteiger partial charge is 0.0705 e. The average molecular weight is 354 g/mol. The molecule has 1 aromatic heterocycles. The van der Waals surface area contributed by atoms with Gasteiger partial charge < -0.3 is 0 Å². The van der Waals surface area contributed by atoms with Crippen LogP contribution in [0.15, 0.2) is 60.8 Å². The summed E-state index contributed by atoms with van der Waals surface area (Å²) < 4.78 is 0. The maximum atomic E-state index is 4.84. The van der Waals surface area contributed by atoms with E-state index in [0.29, 0.717) is 10.8 Å². The fraction of sp³-hybridized carbons (Fsp3) is 0.346. The molecule has 0 atom stereocenters. The molecule has 0 saturated heterocycles. The lowest BCUT2D eigenvalue weighted by Gasteiger charge is -2.52. The van der Waals surface area contributed by atoms with Crippen LogP contribution in [-0.4, -0.2) is 4.98 Å². The Morgan fingerprint density at radius 3 is 2.07 bits per heavy atom. The van der Waals surface area contributed by atoms with E-state index < -0.39 is 0 Å². The second kappa shape index (κ2) is 5.79. The van der Waals surface area contributed by atoms with Crippen LogP contribution >= 0.6 is 0 Å².